The molecule has 2 aromatic carbocycles. The SMILES string of the molecule is Cc1ccc(C)c(C(=O)NCc2ccc(-c3cn(C4CCOCC4)c4c(=O)[nH]nc(N)c34)cc2)c1. The van der Waals surface area contributed by atoms with Crippen molar-refractivity contribution in [2.24, 2.45) is 0 Å². The van der Waals surface area contributed by atoms with Gasteiger partial charge in [-0.25, -0.2) is 5.10 Å². The normalized spacial score (nSPS) is 14.3. The van der Waals surface area contributed by atoms with Crippen molar-refractivity contribution in [2.75, 3.05) is 18.9 Å². The molecule has 1 aliphatic rings. The molecule has 1 saturated heterocycles. The van der Waals surface area contributed by atoms with Crippen LogP contribution in [0.4, 0.5) is 5.82 Å². The van der Waals surface area contributed by atoms with Gasteiger partial charge in [-0.2, -0.15) is 5.10 Å². The van der Waals surface area contributed by atoms with Crippen LogP contribution in [0.15, 0.2) is 53.5 Å². The summed E-state index contributed by atoms with van der Waals surface area (Å²) in [5, 5.41) is 10.2. The van der Waals surface area contributed by atoms with E-state index in [1.807, 2.05) is 67.1 Å². The van der Waals surface area contributed by atoms with Gasteiger partial charge in [0.2, 0.25) is 0 Å². The van der Waals surface area contributed by atoms with E-state index in [1.165, 1.54) is 0 Å². The fourth-order valence-corrected chi connectivity index (χ4v) is 4.77. The molecule has 1 fully saturated rings. The molecule has 35 heavy (non-hydrogen) atoms. The van der Waals surface area contributed by atoms with E-state index >= 15 is 0 Å². The van der Waals surface area contributed by atoms with Crippen molar-refractivity contribution >= 4 is 22.6 Å². The zero-order valence-corrected chi connectivity index (χ0v) is 19.9. The maximum atomic E-state index is 12.7. The van der Waals surface area contributed by atoms with Crippen LogP contribution in [0.25, 0.3) is 22.0 Å². The van der Waals surface area contributed by atoms with Crippen molar-refractivity contribution in [3.8, 4) is 11.1 Å². The molecular formula is C27H29N5O3. The molecule has 4 N–H and O–H groups in total. The minimum Gasteiger partial charge on any atom is -0.382 e. The van der Waals surface area contributed by atoms with Crippen molar-refractivity contribution in [1.82, 2.24) is 20.1 Å². The first-order valence-electron chi connectivity index (χ1n) is 11.8. The average molecular weight is 472 g/mol. The van der Waals surface area contributed by atoms with Crippen molar-refractivity contribution in [3.05, 3.63) is 81.3 Å². The van der Waals surface area contributed by atoms with Gasteiger partial charge in [-0.3, -0.25) is 9.59 Å². The number of benzene rings is 2. The Labute approximate surface area is 203 Å². The molecular weight excluding hydrogens is 442 g/mol. The van der Waals surface area contributed by atoms with Gasteiger partial charge >= 0.3 is 0 Å². The lowest BCUT2D eigenvalue weighted by molar-refractivity contribution is 0.0707. The van der Waals surface area contributed by atoms with Crippen molar-refractivity contribution in [2.45, 2.75) is 39.3 Å². The minimum atomic E-state index is -0.252. The molecule has 4 aromatic rings. The van der Waals surface area contributed by atoms with E-state index in [2.05, 4.69) is 15.5 Å². The number of carbonyl (C=O) groups is 1. The summed E-state index contributed by atoms with van der Waals surface area (Å²) in [6, 6.07) is 14.0. The minimum absolute atomic E-state index is 0.0899. The van der Waals surface area contributed by atoms with Crippen LogP contribution in [0.2, 0.25) is 0 Å². The molecule has 0 radical (unpaired) electrons. The number of nitrogens with one attached hydrogen (secondary N) is 2. The number of fused-ring (bicyclic) bond motifs is 1. The van der Waals surface area contributed by atoms with E-state index in [0.29, 0.717) is 42.0 Å². The summed E-state index contributed by atoms with van der Waals surface area (Å²) < 4.78 is 7.54. The Bertz CT molecular complexity index is 1450. The predicted octanol–water partition coefficient (Wildman–Crippen LogP) is 3.87. The number of ether oxygens (including phenoxy) is 1. The van der Waals surface area contributed by atoms with Crippen molar-refractivity contribution in [1.29, 1.82) is 0 Å². The molecule has 8 nitrogen and oxygen atoms in total. The van der Waals surface area contributed by atoms with Crippen LogP contribution in [0.5, 0.6) is 0 Å². The van der Waals surface area contributed by atoms with Crippen LogP contribution < -0.4 is 16.6 Å². The second-order valence-corrected chi connectivity index (χ2v) is 9.15. The zero-order valence-electron chi connectivity index (χ0n) is 19.9. The first-order chi connectivity index (χ1) is 16.9. The van der Waals surface area contributed by atoms with Gasteiger partial charge in [0.1, 0.15) is 5.52 Å². The van der Waals surface area contributed by atoms with Crippen LogP contribution in [-0.4, -0.2) is 33.9 Å². The Hall–Kier alpha value is -3.91. The topological polar surface area (TPSA) is 115 Å². The maximum absolute atomic E-state index is 12.7. The largest absolute Gasteiger partial charge is 0.382 e. The summed E-state index contributed by atoms with van der Waals surface area (Å²) in [6.07, 6.45) is 3.68. The van der Waals surface area contributed by atoms with Gasteiger partial charge in [-0.15, -0.1) is 0 Å². The first-order valence-corrected chi connectivity index (χ1v) is 11.8. The van der Waals surface area contributed by atoms with Crippen LogP contribution in [0.3, 0.4) is 0 Å². The number of hydrogen-bond donors (Lipinski definition) is 3. The number of hydrogen-bond acceptors (Lipinski definition) is 5. The summed E-state index contributed by atoms with van der Waals surface area (Å²) >= 11 is 0. The molecule has 2 aromatic heterocycles. The first kappa shape index (κ1) is 22.9. The highest BCUT2D eigenvalue weighted by Crippen LogP contribution is 2.35. The third-order valence-corrected chi connectivity index (χ3v) is 6.72. The third-order valence-electron chi connectivity index (χ3n) is 6.72. The van der Waals surface area contributed by atoms with Crippen LogP contribution in [0, 0.1) is 13.8 Å². The number of carbonyl (C=O) groups excluding carboxylic acids is 1. The van der Waals surface area contributed by atoms with Crippen LogP contribution >= 0.6 is 0 Å². The molecule has 0 unspecified atom stereocenters. The standard InChI is InChI=1S/C27H29N5O3/c1-16-3-4-17(2)21(13-16)26(33)29-14-18-5-7-19(8-6-18)22-15-32(20-9-11-35-12-10-20)24-23(22)25(28)30-31-27(24)34/h3-8,13,15,20H,9-12,14H2,1-2H3,(H2,28,30)(H,29,33)(H,31,34). The van der Waals surface area contributed by atoms with Gasteiger partial charge < -0.3 is 20.4 Å². The highest BCUT2D eigenvalue weighted by molar-refractivity contribution is 6.02. The zero-order chi connectivity index (χ0) is 24.5. The highest BCUT2D eigenvalue weighted by atomic mass is 16.5. The molecule has 8 heteroatoms. The number of aryl methyl sites for hydroxylation is 2. The van der Waals surface area contributed by atoms with E-state index in [-0.39, 0.29) is 17.5 Å². The number of amides is 1. The molecule has 0 atom stereocenters. The van der Waals surface area contributed by atoms with Crippen molar-refractivity contribution < 1.29 is 9.53 Å². The number of nitrogen functional groups attached to an aromatic ring is 1. The van der Waals surface area contributed by atoms with Crippen LogP contribution in [-0.2, 0) is 11.3 Å². The molecule has 0 spiro atoms. The molecule has 5 rings (SSSR count). The summed E-state index contributed by atoms with van der Waals surface area (Å²) in [7, 11) is 0. The fraction of sp³-hybridized carbons (Fsp3) is 0.296. The quantitative estimate of drug-likeness (QED) is 0.409. The summed E-state index contributed by atoms with van der Waals surface area (Å²) in [5.74, 6) is 0.207. The van der Waals surface area contributed by atoms with E-state index in [4.69, 9.17) is 10.5 Å². The van der Waals surface area contributed by atoms with Gasteiger partial charge in [0.05, 0.1) is 5.39 Å². The second kappa shape index (κ2) is 9.38. The molecule has 180 valence electrons. The predicted molar refractivity (Wildman–Crippen MR) is 136 cm³/mol. The van der Waals surface area contributed by atoms with Crippen LogP contribution in [0.1, 0.15) is 45.9 Å². The lowest BCUT2D eigenvalue weighted by Gasteiger charge is -2.24. The Morgan fingerprint density at radius 2 is 1.91 bits per heavy atom. The number of H-pyrrole nitrogens is 1. The van der Waals surface area contributed by atoms with Gasteiger partial charge in [-0.05, 0) is 49.4 Å². The van der Waals surface area contributed by atoms with Gasteiger partial charge in [0.15, 0.2) is 5.82 Å². The summed E-state index contributed by atoms with van der Waals surface area (Å²) in [5.41, 5.74) is 12.0. The number of aromatic nitrogens is 3. The Kier molecular flexibility index (Phi) is 6.13. The molecule has 0 bridgehead atoms. The summed E-state index contributed by atoms with van der Waals surface area (Å²) in [4.78, 5) is 25.4. The second-order valence-electron chi connectivity index (χ2n) is 9.15. The molecule has 3 heterocycles. The fourth-order valence-electron chi connectivity index (χ4n) is 4.77. The lowest BCUT2D eigenvalue weighted by Crippen LogP contribution is -2.23. The van der Waals surface area contributed by atoms with E-state index < -0.39 is 0 Å². The molecule has 0 saturated carbocycles. The average Bonchev–Trinajstić information content (AvgIpc) is 3.29. The highest BCUT2D eigenvalue weighted by Gasteiger charge is 2.23. The molecule has 1 amide bonds. The summed E-state index contributed by atoms with van der Waals surface area (Å²) in [6.45, 7) is 5.66. The van der Waals surface area contributed by atoms with E-state index in [1.54, 1.807) is 0 Å². The Balaban J connectivity index is 1.42. The Morgan fingerprint density at radius 1 is 1.17 bits per heavy atom. The molecule has 1 aliphatic heterocycles. The van der Waals surface area contributed by atoms with E-state index in [9.17, 15) is 9.59 Å². The maximum Gasteiger partial charge on any atom is 0.288 e. The molecule has 0 aliphatic carbocycles. The number of nitrogens with zero attached hydrogens (tertiary/aromatic N) is 2. The number of nitrogens with two attached hydrogens (primary N) is 1. The van der Waals surface area contributed by atoms with Crippen molar-refractivity contribution in [3.63, 3.8) is 0 Å². The third kappa shape index (κ3) is 4.44. The monoisotopic (exact) mass is 471 g/mol. The van der Waals surface area contributed by atoms with Gasteiger partial charge in [0.25, 0.3) is 11.5 Å². The van der Waals surface area contributed by atoms with Gasteiger partial charge in [-0.1, -0.05) is 42.0 Å². The van der Waals surface area contributed by atoms with E-state index in [0.717, 1.165) is 40.7 Å². The lowest BCUT2D eigenvalue weighted by atomic mass is 10.0. The number of aromatic amines is 1. The van der Waals surface area contributed by atoms with Gasteiger partial charge in [0, 0.05) is 43.1 Å². The Morgan fingerprint density at radius 3 is 2.66 bits per heavy atom. The number of rotatable bonds is 5. The smallest absolute Gasteiger partial charge is 0.288 e. The number of anilines is 1.